The number of aryl methyl sites for hydroxylation is 1. The maximum absolute atomic E-state index is 5.21. The van der Waals surface area contributed by atoms with Gasteiger partial charge < -0.3 is 9.73 Å². The Hall–Kier alpha value is -1.70. The topological polar surface area (TPSA) is 25.2 Å². The predicted octanol–water partition coefficient (Wildman–Crippen LogP) is 3.20. The summed E-state index contributed by atoms with van der Waals surface area (Å²) in [5.74, 6) is 0.980. The van der Waals surface area contributed by atoms with Gasteiger partial charge in [0.15, 0.2) is 0 Å². The number of furan rings is 1. The number of anilines is 1. The van der Waals surface area contributed by atoms with Crippen LogP contribution >= 0.6 is 0 Å². The van der Waals surface area contributed by atoms with E-state index in [0.717, 1.165) is 18.0 Å². The first kappa shape index (κ1) is 8.88. The summed E-state index contributed by atoms with van der Waals surface area (Å²) >= 11 is 0. The quantitative estimate of drug-likeness (QED) is 0.798. The fourth-order valence-electron chi connectivity index (χ4n) is 1.35. The summed E-state index contributed by atoms with van der Waals surface area (Å²) in [7, 11) is 0. The van der Waals surface area contributed by atoms with Gasteiger partial charge in [0.2, 0.25) is 0 Å². The summed E-state index contributed by atoms with van der Waals surface area (Å²) < 4.78 is 5.21. The second-order valence-corrected chi connectivity index (χ2v) is 3.22. The second-order valence-electron chi connectivity index (χ2n) is 3.22. The lowest BCUT2D eigenvalue weighted by molar-refractivity contribution is 0.530. The van der Waals surface area contributed by atoms with Crippen molar-refractivity contribution in [1.82, 2.24) is 0 Å². The summed E-state index contributed by atoms with van der Waals surface area (Å²) in [5.41, 5.74) is 2.34. The molecule has 0 unspecified atom stereocenters. The summed E-state index contributed by atoms with van der Waals surface area (Å²) in [5, 5.41) is 3.33. The van der Waals surface area contributed by atoms with E-state index in [1.807, 2.05) is 31.2 Å². The molecule has 72 valence electrons. The van der Waals surface area contributed by atoms with Gasteiger partial charge >= 0.3 is 0 Å². The summed E-state index contributed by atoms with van der Waals surface area (Å²) in [6, 6.07) is 12.1. The van der Waals surface area contributed by atoms with Crippen LogP contribution in [0.4, 0.5) is 5.69 Å². The van der Waals surface area contributed by atoms with Crippen molar-refractivity contribution >= 4 is 5.69 Å². The highest BCUT2D eigenvalue weighted by Crippen LogP contribution is 2.12. The van der Waals surface area contributed by atoms with Crippen molar-refractivity contribution in [3.63, 3.8) is 0 Å². The molecule has 1 aromatic heterocycles. The van der Waals surface area contributed by atoms with Gasteiger partial charge in [0.05, 0.1) is 6.26 Å². The van der Waals surface area contributed by atoms with Gasteiger partial charge in [0.1, 0.15) is 5.76 Å². The van der Waals surface area contributed by atoms with Crippen molar-refractivity contribution in [3.8, 4) is 0 Å². The van der Waals surface area contributed by atoms with Crippen molar-refractivity contribution in [2.75, 3.05) is 5.32 Å². The van der Waals surface area contributed by atoms with Gasteiger partial charge in [0.25, 0.3) is 0 Å². The molecule has 0 aliphatic rings. The molecule has 0 atom stereocenters. The number of rotatable bonds is 3. The molecule has 0 fully saturated rings. The zero-order valence-electron chi connectivity index (χ0n) is 8.16. The van der Waals surface area contributed by atoms with Crippen molar-refractivity contribution < 1.29 is 4.42 Å². The van der Waals surface area contributed by atoms with E-state index >= 15 is 0 Å². The first-order chi connectivity index (χ1) is 6.86. The number of benzene rings is 1. The first-order valence-electron chi connectivity index (χ1n) is 4.68. The van der Waals surface area contributed by atoms with Crippen molar-refractivity contribution in [2.24, 2.45) is 0 Å². The highest BCUT2D eigenvalue weighted by atomic mass is 16.3. The fraction of sp³-hybridized carbons (Fsp3) is 0.167. The van der Waals surface area contributed by atoms with Gasteiger partial charge in [0, 0.05) is 17.8 Å². The van der Waals surface area contributed by atoms with Crippen LogP contribution in [0.15, 0.2) is 47.1 Å². The largest absolute Gasteiger partial charge is 0.469 e. The molecule has 0 aliphatic carbocycles. The van der Waals surface area contributed by atoms with E-state index in [1.54, 1.807) is 6.26 Å². The number of hydrogen-bond donors (Lipinski definition) is 1. The highest BCUT2D eigenvalue weighted by Gasteiger charge is 1.99. The lowest BCUT2D eigenvalue weighted by Crippen LogP contribution is -1.98. The third-order valence-corrected chi connectivity index (χ3v) is 2.22. The zero-order valence-corrected chi connectivity index (χ0v) is 8.16. The second kappa shape index (κ2) is 4.01. The van der Waals surface area contributed by atoms with Crippen LogP contribution in [0.5, 0.6) is 0 Å². The van der Waals surface area contributed by atoms with Crippen LogP contribution in [0.1, 0.15) is 11.3 Å². The first-order valence-corrected chi connectivity index (χ1v) is 4.68. The maximum atomic E-state index is 5.21. The maximum Gasteiger partial charge on any atom is 0.105 e. The van der Waals surface area contributed by atoms with Gasteiger partial charge in [-0.3, -0.25) is 0 Å². The molecular weight excluding hydrogens is 174 g/mol. The molecule has 0 saturated heterocycles. The van der Waals surface area contributed by atoms with E-state index in [4.69, 9.17) is 4.42 Å². The smallest absolute Gasteiger partial charge is 0.105 e. The molecule has 0 amide bonds. The van der Waals surface area contributed by atoms with E-state index in [0.29, 0.717) is 0 Å². The third-order valence-electron chi connectivity index (χ3n) is 2.22. The Labute approximate surface area is 83.6 Å². The normalized spacial score (nSPS) is 10.1. The Morgan fingerprint density at radius 2 is 1.93 bits per heavy atom. The standard InChI is InChI=1S/C12H13NO/c1-10-11(7-8-14-10)9-13-12-5-3-2-4-6-12/h2-8,13H,9H2,1H3. The average Bonchev–Trinajstić information content (AvgIpc) is 2.63. The van der Waals surface area contributed by atoms with Crippen LogP contribution < -0.4 is 5.32 Å². The van der Waals surface area contributed by atoms with Gasteiger partial charge in [-0.05, 0) is 25.1 Å². The van der Waals surface area contributed by atoms with Crippen LogP contribution in [-0.4, -0.2) is 0 Å². The zero-order chi connectivity index (χ0) is 9.80. The molecule has 14 heavy (non-hydrogen) atoms. The molecule has 0 saturated carbocycles. The Morgan fingerprint density at radius 1 is 1.14 bits per heavy atom. The molecule has 0 aliphatic heterocycles. The predicted molar refractivity (Wildman–Crippen MR) is 57.2 cm³/mol. The lowest BCUT2D eigenvalue weighted by atomic mass is 10.2. The Kier molecular flexibility index (Phi) is 2.54. The van der Waals surface area contributed by atoms with E-state index in [1.165, 1.54) is 5.56 Å². The van der Waals surface area contributed by atoms with Crippen LogP contribution in [0.2, 0.25) is 0 Å². The van der Waals surface area contributed by atoms with E-state index in [9.17, 15) is 0 Å². The molecule has 1 N–H and O–H groups in total. The Morgan fingerprint density at radius 3 is 2.57 bits per heavy atom. The molecule has 0 bridgehead atoms. The van der Waals surface area contributed by atoms with E-state index < -0.39 is 0 Å². The molecule has 2 rings (SSSR count). The van der Waals surface area contributed by atoms with E-state index in [2.05, 4.69) is 17.4 Å². The molecule has 1 heterocycles. The van der Waals surface area contributed by atoms with Crippen LogP contribution in [0.3, 0.4) is 0 Å². The molecular formula is C12H13NO. The van der Waals surface area contributed by atoms with Gasteiger partial charge in [-0.15, -0.1) is 0 Å². The SMILES string of the molecule is Cc1occc1CNc1ccccc1. The van der Waals surface area contributed by atoms with E-state index in [-0.39, 0.29) is 0 Å². The van der Waals surface area contributed by atoms with Crippen LogP contribution in [0.25, 0.3) is 0 Å². The average molecular weight is 187 g/mol. The minimum absolute atomic E-state index is 0.812. The number of para-hydroxylation sites is 1. The number of nitrogens with one attached hydrogen (secondary N) is 1. The van der Waals surface area contributed by atoms with Crippen LogP contribution in [-0.2, 0) is 6.54 Å². The molecule has 2 aromatic rings. The highest BCUT2D eigenvalue weighted by molar-refractivity contribution is 5.43. The molecule has 2 nitrogen and oxygen atoms in total. The molecule has 0 radical (unpaired) electrons. The minimum Gasteiger partial charge on any atom is -0.469 e. The summed E-state index contributed by atoms with van der Waals surface area (Å²) in [6.07, 6.45) is 1.72. The van der Waals surface area contributed by atoms with Crippen molar-refractivity contribution in [2.45, 2.75) is 13.5 Å². The summed E-state index contributed by atoms with van der Waals surface area (Å²) in [6.45, 7) is 2.79. The van der Waals surface area contributed by atoms with Gasteiger partial charge in [-0.25, -0.2) is 0 Å². The summed E-state index contributed by atoms with van der Waals surface area (Å²) in [4.78, 5) is 0. The van der Waals surface area contributed by atoms with Crippen LogP contribution in [0, 0.1) is 6.92 Å². The van der Waals surface area contributed by atoms with Crippen molar-refractivity contribution in [3.05, 3.63) is 54.0 Å². The fourth-order valence-corrected chi connectivity index (χ4v) is 1.35. The molecule has 2 heteroatoms. The van der Waals surface area contributed by atoms with Gasteiger partial charge in [-0.2, -0.15) is 0 Å². The molecule has 0 spiro atoms. The third kappa shape index (κ3) is 1.96. The van der Waals surface area contributed by atoms with Crippen molar-refractivity contribution in [1.29, 1.82) is 0 Å². The Bertz CT molecular complexity index is 392. The minimum atomic E-state index is 0.812. The molecule has 1 aromatic carbocycles. The van der Waals surface area contributed by atoms with Gasteiger partial charge in [-0.1, -0.05) is 18.2 Å². The Balaban J connectivity index is 1.99. The monoisotopic (exact) mass is 187 g/mol. The number of hydrogen-bond acceptors (Lipinski definition) is 2. The lowest BCUT2D eigenvalue weighted by Gasteiger charge is -2.04.